The van der Waals surface area contributed by atoms with Gasteiger partial charge in [-0.25, -0.2) is 9.78 Å². The molecule has 4 bridgehead atoms. The summed E-state index contributed by atoms with van der Waals surface area (Å²) in [4.78, 5) is 10.7. The molecule has 3 unspecified atom stereocenters. The molecule has 1 spiro atoms. The third-order valence-corrected chi connectivity index (χ3v) is 4.47. The van der Waals surface area contributed by atoms with Crippen LogP contribution in [0.5, 0.6) is 0 Å². The van der Waals surface area contributed by atoms with Crippen LogP contribution in [0.3, 0.4) is 0 Å². The van der Waals surface area contributed by atoms with Gasteiger partial charge in [0.2, 0.25) is 0 Å². The van der Waals surface area contributed by atoms with Crippen molar-refractivity contribution >= 4 is 0 Å². The Hall–Kier alpha value is -0.0800. The zero-order valence-electron chi connectivity index (χ0n) is 7.16. The van der Waals surface area contributed by atoms with E-state index < -0.39 is 0 Å². The Balaban J connectivity index is 1.80. The molecule has 5 fully saturated rings. The van der Waals surface area contributed by atoms with Crippen molar-refractivity contribution < 1.29 is 9.78 Å². The van der Waals surface area contributed by atoms with Crippen molar-refractivity contribution in [3.63, 3.8) is 0 Å². The molecular weight excluding hydrogens is 152 g/mol. The third kappa shape index (κ3) is 0.549. The van der Waals surface area contributed by atoms with E-state index in [1.54, 1.807) is 0 Å². The Morgan fingerprint density at radius 3 is 2.25 bits per heavy atom. The molecule has 2 nitrogen and oxygen atoms in total. The summed E-state index contributed by atoms with van der Waals surface area (Å²) in [6.45, 7) is 0. The van der Waals surface area contributed by atoms with Gasteiger partial charge in [0.05, 0.1) is 0 Å². The van der Waals surface area contributed by atoms with Gasteiger partial charge in [-0.2, -0.15) is 0 Å². The highest BCUT2D eigenvalue weighted by Gasteiger charge is 2.65. The number of rotatable bonds is 0. The van der Waals surface area contributed by atoms with Crippen molar-refractivity contribution in [2.45, 2.75) is 43.8 Å². The van der Waals surface area contributed by atoms with Crippen LogP contribution in [0.25, 0.3) is 0 Å². The van der Waals surface area contributed by atoms with E-state index in [4.69, 9.17) is 9.78 Å². The zero-order chi connectivity index (χ0) is 7.76. The Bertz CT molecular complexity index is 224. The fourth-order valence-electron chi connectivity index (χ4n) is 4.31. The van der Waals surface area contributed by atoms with Crippen molar-refractivity contribution in [2.24, 2.45) is 17.8 Å². The first-order chi connectivity index (χ1) is 5.86. The fourth-order valence-corrected chi connectivity index (χ4v) is 4.31. The molecule has 1 heterocycles. The lowest BCUT2D eigenvalue weighted by Gasteiger charge is -2.63. The Morgan fingerprint density at radius 1 is 1.00 bits per heavy atom. The molecule has 66 valence electrons. The summed E-state index contributed by atoms with van der Waals surface area (Å²) in [5.41, 5.74) is 0.217. The van der Waals surface area contributed by atoms with E-state index in [1.807, 2.05) is 0 Å². The van der Waals surface area contributed by atoms with Crippen LogP contribution in [0.15, 0.2) is 0 Å². The van der Waals surface area contributed by atoms with Crippen molar-refractivity contribution in [1.82, 2.24) is 0 Å². The van der Waals surface area contributed by atoms with E-state index in [0.717, 1.165) is 17.8 Å². The topological polar surface area (TPSA) is 18.5 Å². The average Bonchev–Trinajstić information content (AvgIpc) is 1.98. The van der Waals surface area contributed by atoms with E-state index in [1.165, 1.54) is 32.1 Å². The second kappa shape index (κ2) is 1.73. The summed E-state index contributed by atoms with van der Waals surface area (Å²) >= 11 is 0. The van der Waals surface area contributed by atoms with Crippen LogP contribution >= 0.6 is 0 Å². The highest BCUT2D eigenvalue weighted by molar-refractivity contribution is 5.10. The molecule has 4 aliphatic carbocycles. The molecule has 0 aromatic carbocycles. The van der Waals surface area contributed by atoms with E-state index in [2.05, 4.69) is 0 Å². The van der Waals surface area contributed by atoms with E-state index in [0.29, 0.717) is 6.10 Å². The monoisotopic (exact) mass is 166 g/mol. The zero-order valence-corrected chi connectivity index (χ0v) is 7.16. The van der Waals surface area contributed by atoms with Gasteiger partial charge < -0.3 is 0 Å². The molecule has 2 heteroatoms. The third-order valence-electron chi connectivity index (χ3n) is 4.47. The lowest BCUT2D eigenvalue weighted by molar-refractivity contribution is -0.545. The van der Waals surface area contributed by atoms with Gasteiger partial charge in [-0.3, -0.25) is 0 Å². The van der Waals surface area contributed by atoms with Crippen molar-refractivity contribution in [3.05, 3.63) is 0 Å². The van der Waals surface area contributed by atoms with E-state index in [9.17, 15) is 0 Å². The van der Waals surface area contributed by atoms with Gasteiger partial charge in [-0.1, -0.05) is 0 Å². The van der Waals surface area contributed by atoms with Crippen LogP contribution in [0.2, 0.25) is 0 Å². The van der Waals surface area contributed by atoms with Gasteiger partial charge >= 0.3 is 0 Å². The van der Waals surface area contributed by atoms with Crippen molar-refractivity contribution in [3.8, 4) is 0 Å². The smallest absolute Gasteiger partial charge is 0.133 e. The molecule has 1 saturated heterocycles. The molecule has 0 aromatic rings. The summed E-state index contributed by atoms with van der Waals surface area (Å²) < 4.78 is 0. The van der Waals surface area contributed by atoms with Gasteiger partial charge in [0.15, 0.2) is 0 Å². The molecule has 12 heavy (non-hydrogen) atoms. The fraction of sp³-hybridized carbons (Fsp3) is 1.00. The predicted molar refractivity (Wildman–Crippen MR) is 42.2 cm³/mol. The van der Waals surface area contributed by atoms with Crippen molar-refractivity contribution in [2.75, 3.05) is 0 Å². The Morgan fingerprint density at radius 2 is 1.75 bits per heavy atom. The van der Waals surface area contributed by atoms with Crippen LogP contribution < -0.4 is 0 Å². The van der Waals surface area contributed by atoms with Crippen LogP contribution in [0, 0.1) is 17.8 Å². The summed E-state index contributed by atoms with van der Waals surface area (Å²) in [6.07, 6.45) is 7.41. The second-order valence-electron chi connectivity index (χ2n) is 5.27. The van der Waals surface area contributed by atoms with Crippen LogP contribution in [0.4, 0.5) is 0 Å². The predicted octanol–water partition coefficient (Wildman–Crippen LogP) is 1.90. The molecule has 0 aromatic heterocycles. The summed E-state index contributed by atoms with van der Waals surface area (Å²) in [5.74, 6) is 2.80. The summed E-state index contributed by atoms with van der Waals surface area (Å²) in [6, 6.07) is 0. The molecule has 5 rings (SSSR count). The molecule has 5 aliphatic rings. The Labute approximate surface area is 72.2 Å². The van der Waals surface area contributed by atoms with Crippen LogP contribution in [-0.4, -0.2) is 11.7 Å². The molecule has 4 saturated carbocycles. The normalized spacial score (nSPS) is 66.0. The first-order valence-electron chi connectivity index (χ1n) is 5.20. The van der Waals surface area contributed by atoms with Crippen LogP contribution in [0.1, 0.15) is 32.1 Å². The molecule has 0 amide bonds. The van der Waals surface area contributed by atoms with Gasteiger partial charge in [-0.05, 0) is 49.9 Å². The van der Waals surface area contributed by atoms with Gasteiger partial charge in [0.1, 0.15) is 11.7 Å². The number of hydrogen-bond acceptors (Lipinski definition) is 2. The second-order valence-corrected chi connectivity index (χ2v) is 5.27. The summed E-state index contributed by atoms with van der Waals surface area (Å²) in [5, 5.41) is 0. The first-order valence-corrected chi connectivity index (χ1v) is 5.20. The minimum Gasteiger partial charge on any atom is -0.229 e. The maximum Gasteiger partial charge on any atom is 0.133 e. The number of hydrogen-bond donors (Lipinski definition) is 0. The molecule has 3 atom stereocenters. The van der Waals surface area contributed by atoms with Gasteiger partial charge in [0.25, 0.3) is 0 Å². The minimum atomic E-state index is 0.217. The van der Waals surface area contributed by atoms with Crippen molar-refractivity contribution in [1.29, 1.82) is 0 Å². The molecule has 0 radical (unpaired) electrons. The van der Waals surface area contributed by atoms with Gasteiger partial charge in [-0.15, -0.1) is 0 Å². The quantitative estimate of drug-likeness (QED) is 0.512. The minimum absolute atomic E-state index is 0.217. The maximum atomic E-state index is 5.39. The Kier molecular flexibility index (Phi) is 0.921. The highest BCUT2D eigenvalue weighted by Crippen LogP contribution is 2.61. The largest absolute Gasteiger partial charge is 0.229 e. The molecule has 1 aliphatic heterocycles. The first kappa shape index (κ1) is 6.39. The SMILES string of the molecule is C1C2CC3CC1CC1(C2)OOC31. The van der Waals surface area contributed by atoms with E-state index in [-0.39, 0.29) is 5.60 Å². The lowest BCUT2D eigenvalue weighted by atomic mass is 9.52. The highest BCUT2D eigenvalue weighted by atomic mass is 17.3. The lowest BCUT2D eigenvalue weighted by Crippen LogP contribution is -2.69. The van der Waals surface area contributed by atoms with Gasteiger partial charge in [0, 0.05) is 0 Å². The van der Waals surface area contributed by atoms with E-state index >= 15 is 0 Å². The summed E-state index contributed by atoms with van der Waals surface area (Å²) in [7, 11) is 0. The molecule has 0 N–H and O–H groups in total. The standard InChI is InChI=1S/C10H14O2/c1-6-2-8-3-7(1)5-10(4-6)9(8)11-12-10/h6-9H,1-5H2. The maximum absolute atomic E-state index is 5.39. The van der Waals surface area contributed by atoms with Crippen LogP contribution in [-0.2, 0) is 9.78 Å². The molecular formula is C10H14O2. The average molecular weight is 166 g/mol.